The average Bonchev–Trinajstić information content (AvgIpc) is 3.35. The number of anilines is 1. The molecule has 2 heterocycles. The first-order valence-corrected chi connectivity index (χ1v) is 11.4. The molecule has 0 unspecified atom stereocenters. The van der Waals surface area contributed by atoms with E-state index in [1.54, 1.807) is 4.90 Å². The number of likely N-dealkylation sites (tertiary alicyclic amines) is 2. The number of para-hydroxylation sites is 1. The summed E-state index contributed by atoms with van der Waals surface area (Å²) in [6, 6.07) is 20.1. The highest BCUT2D eigenvalue weighted by molar-refractivity contribution is 5.89. The van der Waals surface area contributed by atoms with Crippen LogP contribution in [0.15, 0.2) is 60.7 Å². The van der Waals surface area contributed by atoms with E-state index in [0.717, 1.165) is 18.8 Å². The van der Waals surface area contributed by atoms with E-state index in [1.807, 2.05) is 36.4 Å². The Kier molecular flexibility index (Phi) is 7.20. The summed E-state index contributed by atoms with van der Waals surface area (Å²) in [5.41, 5.74) is 2.05. The van der Waals surface area contributed by atoms with Crippen molar-refractivity contribution in [3.63, 3.8) is 0 Å². The summed E-state index contributed by atoms with van der Waals surface area (Å²) >= 11 is 0. The first-order chi connectivity index (χ1) is 15.2. The number of piperidine rings is 1. The van der Waals surface area contributed by atoms with Crippen LogP contribution in [0.5, 0.6) is 0 Å². The zero-order valence-corrected chi connectivity index (χ0v) is 18.0. The van der Waals surface area contributed by atoms with Gasteiger partial charge in [0.05, 0.1) is 6.04 Å². The molecule has 0 saturated carbocycles. The molecule has 31 heavy (non-hydrogen) atoms. The molecule has 164 valence electrons. The number of urea groups is 1. The van der Waals surface area contributed by atoms with Crippen molar-refractivity contribution in [3.8, 4) is 0 Å². The van der Waals surface area contributed by atoms with Crippen molar-refractivity contribution < 1.29 is 9.59 Å². The minimum atomic E-state index is -0.0942. The molecule has 2 saturated heterocycles. The van der Waals surface area contributed by atoms with Gasteiger partial charge in [-0.3, -0.25) is 9.69 Å². The number of rotatable bonds is 6. The molecule has 6 nitrogen and oxygen atoms in total. The number of amides is 3. The van der Waals surface area contributed by atoms with E-state index in [2.05, 4.69) is 39.8 Å². The third-order valence-electron chi connectivity index (χ3n) is 6.41. The molecule has 2 aromatic carbocycles. The molecule has 0 aromatic heterocycles. The Labute approximate surface area is 184 Å². The minimum absolute atomic E-state index is 0.0317. The average molecular weight is 421 g/mol. The predicted octanol–water partition coefficient (Wildman–Crippen LogP) is 3.88. The van der Waals surface area contributed by atoms with Crippen LogP contribution < -0.4 is 10.6 Å². The monoisotopic (exact) mass is 420 g/mol. The molecule has 0 bridgehead atoms. The van der Waals surface area contributed by atoms with Crippen LogP contribution in [0.4, 0.5) is 10.5 Å². The summed E-state index contributed by atoms with van der Waals surface area (Å²) in [4.78, 5) is 29.6. The number of hydrogen-bond donors (Lipinski definition) is 2. The molecule has 2 fully saturated rings. The van der Waals surface area contributed by atoms with E-state index in [0.29, 0.717) is 32.5 Å². The van der Waals surface area contributed by atoms with Crippen LogP contribution in [0.3, 0.4) is 0 Å². The largest absolute Gasteiger partial charge is 0.354 e. The van der Waals surface area contributed by atoms with Gasteiger partial charge in [0, 0.05) is 31.2 Å². The number of carbonyl (C=O) groups is 2. The van der Waals surface area contributed by atoms with Crippen LogP contribution in [0, 0.1) is 5.92 Å². The fourth-order valence-electron chi connectivity index (χ4n) is 4.60. The molecule has 0 spiro atoms. The molecule has 3 amide bonds. The second-order valence-corrected chi connectivity index (χ2v) is 8.47. The van der Waals surface area contributed by atoms with Crippen molar-refractivity contribution in [3.05, 3.63) is 66.2 Å². The van der Waals surface area contributed by atoms with Gasteiger partial charge in [0.25, 0.3) is 0 Å². The number of benzene rings is 2. The standard InChI is InChI=1S/C25H32N4O2/c30-24(26-19-23(28-15-7-8-16-28)20-9-3-1-4-10-20)21-13-17-29(18-14-21)25(31)27-22-11-5-2-6-12-22/h1-6,9-12,21,23H,7-8,13-19H2,(H,26,30)(H,27,31)/t23-/m1/s1. The third kappa shape index (κ3) is 5.64. The second kappa shape index (κ2) is 10.4. The SMILES string of the molecule is O=C(NC[C@H](c1ccccc1)N1CCCC1)C1CCN(C(=O)Nc2ccccc2)CC1. The lowest BCUT2D eigenvalue weighted by Crippen LogP contribution is -2.45. The maximum atomic E-state index is 12.9. The quantitative estimate of drug-likeness (QED) is 0.745. The van der Waals surface area contributed by atoms with Crippen LogP contribution in [0.2, 0.25) is 0 Å². The Morgan fingerprint density at radius 2 is 1.48 bits per heavy atom. The van der Waals surface area contributed by atoms with Crippen molar-refractivity contribution in [1.29, 1.82) is 0 Å². The second-order valence-electron chi connectivity index (χ2n) is 8.47. The number of nitrogens with zero attached hydrogens (tertiary/aromatic N) is 2. The van der Waals surface area contributed by atoms with Gasteiger partial charge >= 0.3 is 6.03 Å². The normalized spacial score (nSPS) is 18.5. The molecule has 2 N–H and O–H groups in total. The van der Waals surface area contributed by atoms with E-state index in [9.17, 15) is 9.59 Å². The van der Waals surface area contributed by atoms with Crippen LogP contribution in [0.25, 0.3) is 0 Å². The molecule has 4 rings (SSSR count). The summed E-state index contributed by atoms with van der Waals surface area (Å²) in [6.45, 7) is 4.02. The fourth-order valence-corrected chi connectivity index (χ4v) is 4.60. The number of carbonyl (C=O) groups excluding carboxylic acids is 2. The van der Waals surface area contributed by atoms with E-state index >= 15 is 0 Å². The molecule has 6 heteroatoms. The zero-order chi connectivity index (χ0) is 21.5. The van der Waals surface area contributed by atoms with Gasteiger partial charge in [-0.25, -0.2) is 4.79 Å². The lowest BCUT2D eigenvalue weighted by Gasteiger charge is -2.32. The Bertz CT molecular complexity index is 844. The van der Waals surface area contributed by atoms with E-state index in [-0.39, 0.29) is 23.9 Å². The molecule has 2 aliphatic rings. The van der Waals surface area contributed by atoms with E-state index < -0.39 is 0 Å². The maximum absolute atomic E-state index is 12.9. The van der Waals surface area contributed by atoms with Gasteiger partial charge in [0.15, 0.2) is 0 Å². The van der Waals surface area contributed by atoms with Crippen LogP contribution in [-0.2, 0) is 4.79 Å². The van der Waals surface area contributed by atoms with E-state index in [4.69, 9.17) is 0 Å². The summed E-state index contributed by atoms with van der Waals surface area (Å²) in [7, 11) is 0. The Balaban J connectivity index is 1.27. The lowest BCUT2D eigenvalue weighted by atomic mass is 9.95. The van der Waals surface area contributed by atoms with Crippen molar-refractivity contribution >= 4 is 17.6 Å². The minimum Gasteiger partial charge on any atom is -0.354 e. The number of nitrogens with one attached hydrogen (secondary N) is 2. The highest BCUT2D eigenvalue weighted by atomic mass is 16.2. The van der Waals surface area contributed by atoms with Gasteiger partial charge in [-0.1, -0.05) is 48.5 Å². The molecular weight excluding hydrogens is 388 g/mol. The van der Waals surface area contributed by atoms with Crippen LogP contribution >= 0.6 is 0 Å². The molecule has 0 radical (unpaired) electrons. The van der Waals surface area contributed by atoms with Crippen molar-refractivity contribution in [2.75, 3.05) is 38.0 Å². The van der Waals surface area contributed by atoms with Gasteiger partial charge in [-0.2, -0.15) is 0 Å². The Morgan fingerprint density at radius 3 is 2.13 bits per heavy atom. The van der Waals surface area contributed by atoms with Gasteiger partial charge in [0.2, 0.25) is 5.91 Å². The fraction of sp³-hybridized carbons (Fsp3) is 0.440. The highest BCUT2D eigenvalue weighted by Gasteiger charge is 2.29. The van der Waals surface area contributed by atoms with Gasteiger partial charge in [-0.15, -0.1) is 0 Å². The highest BCUT2D eigenvalue weighted by Crippen LogP contribution is 2.25. The van der Waals surface area contributed by atoms with Crippen molar-refractivity contribution in [2.24, 2.45) is 5.92 Å². The van der Waals surface area contributed by atoms with Crippen LogP contribution in [-0.4, -0.2) is 54.5 Å². The molecular formula is C25H32N4O2. The Hall–Kier alpha value is -2.86. The summed E-state index contributed by atoms with van der Waals surface area (Å²) in [5.74, 6) is 0.0824. The number of hydrogen-bond acceptors (Lipinski definition) is 3. The predicted molar refractivity (Wildman–Crippen MR) is 123 cm³/mol. The van der Waals surface area contributed by atoms with E-state index in [1.165, 1.54) is 18.4 Å². The maximum Gasteiger partial charge on any atom is 0.321 e. The molecule has 0 aliphatic carbocycles. The lowest BCUT2D eigenvalue weighted by molar-refractivity contribution is -0.126. The molecule has 2 aliphatic heterocycles. The molecule has 2 aromatic rings. The smallest absolute Gasteiger partial charge is 0.321 e. The third-order valence-corrected chi connectivity index (χ3v) is 6.41. The zero-order valence-electron chi connectivity index (χ0n) is 18.0. The topological polar surface area (TPSA) is 64.7 Å². The first kappa shape index (κ1) is 21.4. The summed E-state index contributed by atoms with van der Waals surface area (Å²) in [5, 5.41) is 6.14. The van der Waals surface area contributed by atoms with Crippen molar-refractivity contribution in [2.45, 2.75) is 31.7 Å². The van der Waals surface area contributed by atoms with Crippen molar-refractivity contribution in [1.82, 2.24) is 15.1 Å². The van der Waals surface area contributed by atoms with Gasteiger partial charge in [0.1, 0.15) is 0 Å². The molecule has 1 atom stereocenters. The van der Waals surface area contributed by atoms with Gasteiger partial charge < -0.3 is 15.5 Å². The summed E-state index contributed by atoms with van der Waals surface area (Å²) in [6.07, 6.45) is 3.85. The van der Waals surface area contributed by atoms with Crippen LogP contribution in [0.1, 0.15) is 37.3 Å². The first-order valence-electron chi connectivity index (χ1n) is 11.4. The summed E-state index contributed by atoms with van der Waals surface area (Å²) < 4.78 is 0. The Morgan fingerprint density at radius 1 is 0.871 bits per heavy atom. The van der Waals surface area contributed by atoms with Gasteiger partial charge in [-0.05, 0) is 56.5 Å².